The molecule has 24 heavy (non-hydrogen) atoms. The SMILES string of the molecule is CCOC(=O)N1CCN(C(=O)c2nccc3cccc(C)c23)CC1. The van der Waals surface area contributed by atoms with Crippen molar-refractivity contribution in [2.24, 2.45) is 0 Å². The summed E-state index contributed by atoms with van der Waals surface area (Å²) in [6.45, 7) is 6.06. The van der Waals surface area contributed by atoms with E-state index in [-0.39, 0.29) is 12.0 Å². The molecule has 6 nitrogen and oxygen atoms in total. The van der Waals surface area contributed by atoms with Gasteiger partial charge in [0.25, 0.3) is 5.91 Å². The Balaban J connectivity index is 1.78. The van der Waals surface area contributed by atoms with Crippen molar-refractivity contribution in [3.8, 4) is 0 Å². The number of aryl methyl sites for hydroxylation is 1. The molecular weight excluding hydrogens is 306 g/mol. The van der Waals surface area contributed by atoms with Gasteiger partial charge in [0.15, 0.2) is 0 Å². The molecule has 1 aliphatic heterocycles. The predicted octanol–water partition coefficient (Wildman–Crippen LogP) is 2.46. The molecule has 0 aliphatic carbocycles. The van der Waals surface area contributed by atoms with Crippen molar-refractivity contribution in [2.45, 2.75) is 13.8 Å². The highest BCUT2D eigenvalue weighted by atomic mass is 16.6. The summed E-state index contributed by atoms with van der Waals surface area (Å²) in [5, 5.41) is 1.91. The van der Waals surface area contributed by atoms with Crippen molar-refractivity contribution in [3.63, 3.8) is 0 Å². The fourth-order valence-electron chi connectivity index (χ4n) is 3.03. The number of amides is 2. The zero-order valence-electron chi connectivity index (χ0n) is 14.0. The number of nitrogens with zero attached hydrogens (tertiary/aromatic N) is 3. The van der Waals surface area contributed by atoms with E-state index in [0.717, 1.165) is 16.3 Å². The number of carbonyl (C=O) groups excluding carboxylic acids is 2. The Bertz CT molecular complexity index is 762. The number of ether oxygens (including phenoxy) is 1. The second-order valence-corrected chi connectivity index (χ2v) is 5.81. The van der Waals surface area contributed by atoms with Gasteiger partial charge < -0.3 is 14.5 Å². The number of benzene rings is 1. The third-order valence-corrected chi connectivity index (χ3v) is 4.30. The molecule has 1 fully saturated rings. The van der Waals surface area contributed by atoms with E-state index < -0.39 is 0 Å². The standard InChI is InChI=1S/C18H21N3O3/c1-3-24-18(23)21-11-9-20(10-12-21)17(22)16-15-13(2)5-4-6-14(15)7-8-19-16/h4-8H,3,9-12H2,1-2H3. The molecule has 1 aromatic carbocycles. The molecule has 2 amide bonds. The van der Waals surface area contributed by atoms with Gasteiger partial charge in [-0.3, -0.25) is 9.78 Å². The molecule has 6 heteroatoms. The average Bonchev–Trinajstić information content (AvgIpc) is 2.61. The molecule has 1 aliphatic rings. The summed E-state index contributed by atoms with van der Waals surface area (Å²) in [7, 11) is 0. The van der Waals surface area contributed by atoms with Gasteiger partial charge in [-0.15, -0.1) is 0 Å². The van der Waals surface area contributed by atoms with Crippen LogP contribution in [0.4, 0.5) is 4.79 Å². The lowest BCUT2D eigenvalue weighted by Crippen LogP contribution is -2.50. The summed E-state index contributed by atoms with van der Waals surface area (Å²) >= 11 is 0. The molecule has 0 radical (unpaired) electrons. The zero-order valence-corrected chi connectivity index (χ0v) is 14.0. The van der Waals surface area contributed by atoms with Crippen molar-refractivity contribution in [2.75, 3.05) is 32.8 Å². The molecule has 0 unspecified atom stereocenters. The molecule has 2 heterocycles. The number of piperazine rings is 1. The van der Waals surface area contributed by atoms with Gasteiger partial charge in [0.1, 0.15) is 5.69 Å². The van der Waals surface area contributed by atoms with Gasteiger partial charge in [-0.1, -0.05) is 18.2 Å². The van der Waals surface area contributed by atoms with Crippen molar-refractivity contribution in [1.82, 2.24) is 14.8 Å². The Labute approximate surface area is 141 Å². The van der Waals surface area contributed by atoms with Crippen LogP contribution in [0.25, 0.3) is 10.8 Å². The Kier molecular flexibility index (Phi) is 4.64. The number of rotatable bonds is 2. The van der Waals surface area contributed by atoms with E-state index in [1.54, 1.807) is 22.9 Å². The fraction of sp³-hybridized carbons (Fsp3) is 0.389. The molecule has 3 rings (SSSR count). The molecular formula is C18H21N3O3. The quantitative estimate of drug-likeness (QED) is 0.850. The van der Waals surface area contributed by atoms with Crippen molar-refractivity contribution in [3.05, 3.63) is 41.7 Å². The number of pyridine rings is 1. The summed E-state index contributed by atoms with van der Waals surface area (Å²) in [6.07, 6.45) is 1.35. The van der Waals surface area contributed by atoms with Crippen LogP contribution in [-0.4, -0.2) is 59.6 Å². The van der Waals surface area contributed by atoms with Gasteiger partial charge in [0.05, 0.1) is 6.61 Å². The highest BCUT2D eigenvalue weighted by Crippen LogP contribution is 2.22. The largest absolute Gasteiger partial charge is 0.450 e. The first kappa shape index (κ1) is 16.2. The minimum absolute atomic E-state index is 0.0848. The highest BCUT2D eigenvalue weighted by Gasteiger charge is 2.27. The number of fused-ring (bicyclic) bond motifs is 1. The number of hydrogen-bond acceptors (Lipinski definition) is 4. The van der Waals surface area contributed by atoms with Gasteiger partial charge in [0.2, 0.25) is 0 Å². The normalized spacial score (nSPS) is 14.8. The molecule has 0 spiro atoms. The lowest BCUT2D eigenvalue weighted by molar-refractivity contribution is 0.0567. The Morgan fingerprint density at radius 3 is 2.54 bits per heavy atom. The van der Waals surface area contributed by atoms with Crippen LogP contribution in [0.2, 0.25) is 0 Å². The second kappa shape index (κ2) is 6.86. The summed E-state index contributed by atoms with van der Waals surface area (Å²) < 4.78 is 5.01. The van der Waals surface area contributed by atoms with E-state index in [1.165, 1.54) is 0 Å². The van der Waals surface area contributed by atoms with E-state index >= 15 is 0 Å². The first-order valence-corrected chi connectivity index (χ1v) is 8.17. The molecule has 0 atom stereocenters. The maximum absolute atomic E-state index is 12.9. The molecule has 0 bridgehead atoms. The summed E-state index contributed by atoms with van der Waals surface area (Å²) in [5.74, 6) is -0.0848. The molecule has 0 N–H and O–H groups in total. The lowest BCUT2D eigenvalue weighted by atomic mass is 10.0. The van der Waals surface area contributed by atoms with E-state index in [1.807, 2.05) is 31.2 Å². The smallest absolute Gasteiger partial charge is 0.409 e. The Morgan fingerprint density at radius 2 is 1.83 bits per heavy atom. The third-order valence-electron chi connectivity index (χ3n) is 4.30. The number of carbonyl (C=O) groups is 2. The average molecular weight is 327 g/mol. The van der Waals surface area contributed by atoms with E-state index in [4.69, 9.17) is 4.74 Å². The molecule has 1 aromatic heterocycles. The predicted molar refractivity (Wildman–Crippen MR) is 91.0 cm³/mol. The Hall–Kier alpha value is -2.63. The van der Waals surface area contributed by atoms with Crippen molar-refractivity contribution in [1.29, 1.82) is 0 Å². The summed E-state index contributed by atoms with van der Waals surface area (Å²) in [5.41, 5.74) is 1.52. The summed E-state index contributed by atoms with van der Waals surface area (Å²) in [4.78, 5) is 32.4. The minimum atomic E-state index is -0.316. The van der Waals surface area contributed by atoms with Crippen LogP contribution < -0.4 is 0 Å². The second-order valence-electron chi connectivity index (χ2n) is 5.81. The maximum atomic E-state index is 12.9. The van der Waals surface area contributed by atoms with Crippen LogP contribution in [0.1, 0.15) is 23.0 Å². The van der Waals surface area contributed by atoms with Crippen molar-refractivity contribution < 1.29 is 14.3 Å². The monoisotopic (exact) mass is 327 g/mol. The van der Waals surface area contributed by atoms with Crippen LogP contribution in [0.15, 0.2) is 30.5 Å². The number of hydrogen-bond donors (Lipinski definition) is 0. The maximum Gasteiger partial charge on any atom is 0.409 e. The van der Waals surface area contributed by atoms with Gasteiger partial charge in [0, 0.05) is 37.8 Å². The van der Waals surface area contributed by atoms with Crippen LogP contribution in [0.5, 0.6) is 0 Å². The first-order valence-electron chi connectivity index (χ1n) is 8.17. The molecule has 2 aromatic rings. The molecule has 1 saturated heterocycles. The number of aromatic nitrogens is 1. The lowest BCUT2D eigenvalue weighted by Gasteiger charge is -2.34. The van der Waals surface area contributed by atoms with Gasteiger partial charge in [-0.25, -0.2) is 4.79 Å². The zero-order chi connectivity index (χ0) is 17.1. The first-order chi connectivity index (χ1) is 11.6. The van der Waals surface area contributed by atoms with Crippen molar-refractivity contribution >= 4 is 22.8 Å². The van der Waals surface area contributed by atoms with Gasteiger partial charge >= 0.3 is 6.09 Å². The fourth-order valence-corrected chi connectivity index (χ4v) is 3.03. The van der Waals surface area contributed by atoms with Crippen LogP contribution in [0.3, 0.4) is 0 Å². The van der Waals surface area contributed by atoms with Crippen LogP contribution in [-0.2, 0) is 4.74 Å². The highest BCUT2D eigenvalue weighted by molar-refractivity contribution is 6.06. The van der Waals surface area contributed by atoms with Crippen LogP contribution >= 0.6 is 0 Å². The summed E-state index contributed by atoms with van der Waals surface area (Å²) in [6, 6.07) is 7.86. The topological polar surface area (TPSA) is 62.7 Å². The van der Waals surface area contributed by atoms with E-state index in [0.29, 0.717) is 38.5 Å². The molecule has 126 valence electrons. The Morgan fingerprint density at radius 1 is 1.12 bits per heavy atom. The minimum Gasteiger partial charge on any atom is -0.450 e. The van der Waals surface area contributed by atoms with Gasteiger partial charge in [-0.2, -0.15) is 0 Å². The van der Waals surface area contributed by atoms with Gasteiger partial charge in [-0.05, 0) is 30.9 Å². The van der Waals surface area contributed by atoms with E-state index in [9.17, 15) is 9.59 Å². The van der Waals surface area contributed by atoms with Crippen LogP contribution in [0, 0.1) is 6.92 Å². The third kappa shape index (κ3) is 3.04. The molecule has 0 saturated carbocycles. The van der Waals surface area contributed by atoms with E-state index in [2.05, 4.69) is 4.98 Å².